The molecule has 2 aromatic carbocycles. The van der Waals surface area contributed by atoms with Crippen LogP contribution in [-0.4, -0.2) is 15.9 Å². The van der Waals surface area contributed by atoms with Crippen LogP contribution in [0.1, 0.15) is 6.92 Å². The van der Waals surface area contributed by atoms with Crippen LogP contribution in [0.25, 0.3) is 33.8 Å². The number of aromatic nitrogens is 2. The predicted molar refractivity (Wildman–Crippen MR) is 113 cm³/mol. The van der Waals surface area contributed by atoms with Gasteiger partial charge in [0.2, 0.25) is 5.91 Å². The Kier molecular flexibility index (Phi) is 4.93. The number of anilines is 1. The van der Waals surface area contributed by atoms with Gasteiger partial charge in [-0.05, 0) is 47.5 Å². The van der Waals surface area contributed by atoms with E-state index in [1.807, 2.05) is 78.9 Å². The van der Waals surface area contributed by atoms with E-state index in [1.54, 1.807) is 6.20 Å². The minimum absolute atomic E-state index is 0.0829. The van der Waals surface area contributed by atoms with E-state index >= 15 is 0 Å². The summed E-state index contributed by atoms with van der Waals surface area (Å²) in [5.41, 5.74) is 6.47. The van der Waals surface area contributed by atoms with E-state index < -0.39 is 0 Å². The zero-order chi connectivity index (χ0) is 19.3. The number of carbonyl (C=O) groups is 1. The van der Waals surface area contributed by atoms with Crippen molar-refractivity contribution in [3.05, 3.63) is 91.1 Å². The molecule has 1 N–H and O–H groups in total. The van der Waals surface area contributed by atoms with Gasteiger partial charge in [-0.25, -0.2) is 4.98 Å². The zero-order valence-corrected chi connectivity index (χ0v) is 15.5. The highest BCUT2D eigenvalue weighted by molar-refractivity contribution is 5.89. The van der Waals surface area contributed by atoms with Crippen molar-refractivity contribution in [3.63, 3.8) is 0 Å². The van der Waals surface area contributed by atoms with Crippen molar-refractivity contribution in [2.24, 2.45) is 0 Å². The molecule has 4 nitrogen and oxygen atoms in total. The van der Waals surface area contributed by atoms with Crippen molar-refractivity contribution in [1.29, 1.82) is 0 Å². The number of nitrogens with zero attached hydrogens (tertiary/aromatic N) is 2. The molecule has 0 radical (unpaired) electrons. The second-order valence-corrected chi connectivity index (χ2v) is 6.47. The molecule has 4 aromatic rings. The summed E-state index contributed by atoms with van der Waals surface area (Å²) in [5.74, 6) is -0.0829. The molecule has 28 heavy (non-hydrogen) atoms. The lowest BCUT2D eigenvalue weighted by molar-refractivity contribution is -0.114. The van der Waals surface area contributed by atoms with Crippen molar-refractivity contribution in [1.82, 2.24) is 9.97 Å². The fourth-order valence-electron chi connectivity index (χ4n) is 3.05. The lowest BCUT2D eigenvalue weighted by Crippen LogP contribution is -2.05. The molecule has 0 bridgehead atoms. The third kappa shape index (κ3) is 3.96. The molecule has 0 fully saturated rings. The highest BCUT2D eigenvalue weighted by atomic mass is 16.1. The van der Waals surface area contributed by atoms with Gasteiger partial charge in [-0.3, -0.25) is 9.78 Å². The number of benzene rings is 2. The number of hydrogen-bond donors (Lipinski definition) is 1. The van der Waals surface area contributed by atoms with Crippen molar-refractivity contribution in [2.75, 3.05) is 5.32 Å². The average Bonchev–Trinajstić information content (AvgIpc) is 2.75. The maximum atomic E-state index is 11.2. The molecule has 0 saturated heterocycles. The quantitative estimate of drug-likeness (QED) is 0.524. The molecule has 0 saturated carbocycles. The van der Waals surface area contributed by atoms with E-state index in [0.717, 1.165) is 39.5 Å². The van der Waals surface area contributed by atoms with Crippen LogP contribution in [0.5, 0.6) is 0 Å². The van der Waals surface area contributed by atoms with E-state index in [9.17, 15) is 4.79 Å². The van der Waals surface area contributed by atoms with Crippen LogP contribution in [0.15, 0.2) is 91.1 Å². The van der Waals surface area contributed by atoms with E-state index in [-0.39, 0.29) is 5.91 Å². The third-order valence-corrected chi connectivity index (χ3v) is 4.36. The molecule has 0 aliphatic carbocycles. The summed E-state index contributed by atoms with van der Waals surface area (Å²) in [5, 5.41) is 2.80. The van der Waals surface area contributed by atoms with Gasteiger partial charge in [0.1, 0.15) is 0 Å². The molecule has 0 spiro atoms. The molecule has 2 heterocycles. The van der Waals surface area contributed by atoms with Gasteiger partial charge in [-0.1, -0.05) is 48.5 Å². The Morgan fingerprint density at radius 3 is 2.11 bits per heavy atom. The Labute approximate surface area is 163 Å². The van der Waals surface area contributed by atoms with Gasteiger partial charge in [0.15, 0.2) is 0 Å². The minimum atomic E-state index is -0.0829. The highest BCUT2D eigenvalue weighted by Gasteiger charge is 2.09. The molecule has 136 valence electrons. The summed E-state index contributed by atoms with van der Waals surface area (Å²) in [7, 11) is 0. The van der Waals surface area contributed by atoms with Gasteiger partial charge in [0.25, 0.3) is 0 Å². The van der Waals surface area contributed by atoms with Crippen molar-refractivity contribution >= 4 is 11.6 Å². The lowest BCUT2D eigenvalue weighted by Gasteiger charge is -2.10. The molecule has 0 unspecified atom stereocenters. The van der Waals surface area contributed by atoms with Crippen LogP contribution in [0.2, 0.25) is 0 Å². The highest BCUT2D eigenvalue weighted by Crippen LogP contribution is 2.30. The van der Waals surface area contributed by atoms with Crippen LogP contribution in [0.3, 0.4) is 0 Å². The summed E-state index contributed by atoms with van der Waals surface area (Å²) < 4.78 is 0. The zero-order valence-electron chi connectivity index (χ0n) is 15.5. The Bertz CT molecular complexity index is 1030. The molecule has 0 aliphatic heterocycles. The maximum absolute atomic E-state index is 11.2. The van der Waals surface area contributed by atoms with E-state index in [2.05, 4.69) is 16.4 Å². The Morgan fingerprint density at radius 1 is 0.714 bits per heavy atom. The van der Waals surface area contributed by atoms with Crippen LogP contribution in [0.4, 0.5) is 5.69 Å². The largest absolute Gasteiger partial charge is 0.326 e. The Hall–Kier alpha value is -3.79. The average molecular weight is 365 g/mol. The van der Waals surface area contributed by atoms with Crippen molar-refractivity contribution < 1.29 is 4.79 Å². The van der Waals surface area contributed by atoms with E-state index in [1.165, 1.54) is 6.92 Å². The summed E-state index contributed by atoms with van der Waals surface area (Å²) in [6, 6.07) is 27.8. The number of nitrogens with one attached hydrogen (secondary N) is 1. The molecule has 0 aliphatic rings. The minimum Gasteiger partial charge on any atom is -0.326 e. The van der Waals surface area contributed by atoms with Crippen LogP contribution in [0, 0.1) is 0 Å². The first-order chi connectivity index (χ1) is 13.7. The molecular formula is C24H19N3O. The lowest BCUT2D eigenvalue weighted by atomic mass is 10.0. The van der Waals surface area contributed by atoms with Gasteiger partial charge in [0, 0.05) is 24.4 Å². The molecule has 4 rings (SSSR count). The maximum Gasteiger partial charge on any atom is 0.221 e. The van der Waals surface area contributed by atoms with Gasteiger partial charge in [0.05, 0.1) is 17.1 Å². The Morgan fingerprint density at radius 2 is 1.43 bits per heavy atom. The normalized spacial score (nSPS) is 10.5. The smallest absolute Gasteiger partial charge is 0.221 e. The standard InChI is InChI=1S/C24H19N3O/c1-17(28)26-21-12-10-18(11-13-21)20-15-23(19-7-3-2-4-8-19)27-24(16-20)22-9-5-6-14-25-22/h2-16H,1H3,(H,26,28). The number of hydrogen-bond acceptors (Lipinski definition) is 3. The molecule has 0 atom stereocenters. The first-order valence-electron chi connectivity index (χ1n) is 9.06. The number of pyridine rings is 2. The van der Waals surface area contributed by atoms with Crippen molar-refractivity contribution in [3.8, 4) is 33.8 Å². The molecular weight excluding hydrogens is 346 g/mol. The topological polar surface area (TPSA) is 54.9 Å². The van der Waals surface area contributed by atoms with E-state index in [0.29, 0.717) is 0 Å². The number of carbonyl (C=O) groups excluding carboxylic acids is 1. The van der Waals surface area contributed by atoms with Gasteiger partial charge >= 0.3 is 0 Å². The van der Waals surface area contributed by atoms with Gasteiger partial charge < -0.3 is 5.32 Å². The predicted octanol–water partition coefficient (Wildman–Crippen LogP) is 5.44. The van der Waals surface area contributed by atoms with Crippen LogP contribution < -0.4 is 5.32 Å². The fourth-order valence-corrected chi connectivity index (χ4v) is 3.05. The van der Waals surface area contributed by atoms with Crippen LogP contribution >= 0.6 is 0 Å². The fraction of sp³-hybridized carbons (Fsp3) is 0.0417. The Balaban J connectivity index is 1.81. The summed E-state index contributed by atoms with van der Waals surface area (Å²) in [4.78, 5) is 20.5. The first-order valence-corrected chi connectivity index (χ1v) is 9.06. The van der Waals surface area contributed by atoms with Crippen molar-refractivity contribution in [2.45, 2.75) is 6.92 Å². The third-order valence-electron chi connectivity index (χ3n) is 4.36. The summed E-state index contributed by atoms with van der Waals surface area (Å²) in [6.07, 6.45) is 1.77. The monoisotopic (exact) mass is 365 g/mol. The summed E-state index contributed by atoms with van der Waals surface area (Å²) >= 11 is 0. The molecule has 1 amide bonds. The SMILES string of the molecule is CC(=O)Nc1ccc(-c2cc(-c3ccccc3)nc(-c3ccccn3)c2)cc1. The number of rotatable bonds is 4. The van der Waals surface area contributed by atoms with E-state index in [4.69, 9.17) is 4.98 Å². The van der Waals surface area contributed by atoms with Crippen LogP contribution in [-0.2, 0) is 4.79 Å². The number of amides is 1. The summed E-state index contributed by atoms with van der Waals surface area (Å²) in [6.45, 7) is 1.50. The second-order valence-electron chi connectivity index (χ2n) is 6.47. The second kappa shape index (κ2) is 7.84. The molecule has 2 aromatic heterocycles. The van der Waals surface area contributed by atoms with Gasteiger partial charge in [-0.2, -0.15) is 0 Å². The molecule has 4 heteroatoms. The first kappa shape index (κ1) is 17.6. The van der Waals surface area contributed by atoms with Gasteiger partial charge in [-0.15, -0.1) is 0 Å².